The van der Waals surface area contributed by atoms with Crippen molar-refractivity contribution in [1.82, 2.24) is 4.90 Å². The van der Waals surface area contributed by atoms with E-state index in [1.165, 1.54) is 75.0 Å². The molecule has 0 bridgehead atoms. The average molecular weight is 350 g/mol. The second kappa shape index (κ2) is 10.2. The van der Waals surface area contributed by atoms with Crippen molar-refractivity contribution in [1.29, 1.82) is 0 Å². The average Bonchev–Trinajstić information content (AvgIpc) is 2.71. The highest BCUT2D eigenvalue weighted by Crippen LogP contribution is 2.24. The van der Waals surface area contributed by atoms with Crippen LogP contribution >= 0.6 is 0 Å². The molecule has 1 aliphatic heterocycles. The van der Waals surface area contributed by atoms with Gasteiger partial charge < -0.3 is 4.90 Å². The lowest BCUT2D eigenvalue weighted by atomic mass is 10.1. The van der Waals surface area contributed by atoms with Crippen LogP contribution in [0.5, 0.6) is 0 Å². The zero-order valence-corrected chi connectivity index (χ0v) is 16.2. The third kappa shape index (κ3) is 5.20. The van der Waals surface area contributed by atoms with Crippen molar-refractivity contribution in [2.24, 2.45) is 0 Å². The smallest absolute Gasteiger partial charge is 0.228 e. The van der Waals surface area contributed by atoms with E-state index < -0.39 is 0 Å². The Morgan fingerprint density at radius 3 is 2.46 bits per heavy atom. The zero-order valence-electron chi connectivity index (χ0n) is 16.2. The van der Waals surface area contributed by atoms with Crippen LogP contribution in [-0.2, 0) is 6.54 Å². The fraction of sp³-hybridized carbons (Fsp3) is 0.458. The molecule has 2 nitrogen and oxygen atoms in total. The Morgan fingerprint density at radius 2 is 1.69 bits per heavy atom. The maximum absolute atomic E-state index is 2.59. The number of piperidine rings is 1. The summed E-state index contributed by atoms with van der Waals surface area (Å²) >= 11 is 0. The van der Waals surface area contributed by atoms with E-state index in [0.717, 1.165) is 6.54 Å². The van der Waals surface area contributed by atoms with Crippen molar-refractivity contribution in [3.8, 4) is 0 Å². The van der Waals surface area contributed by atoms with E-state index >= 15 is 0 Å². The molecule has 138 valence electrons. The molecule has 26 heavy (non-hydrogen) atoms. The van der Waals surface area contributed by atoms with Crippen LogP contribution in [0.2, 0.25) is 0 Å². The molecule has 0 saturated carbocycles. The van der Waals surface area contributed by atoms with Crippen molar-refractivity contribution in [3.05, 3.63) is 66.0 Å². The number of hydrogen-bond acceptors (Lipinski definition) is 1. The number of hydrogen-bond donors (Lipinski definition) is 0. The SMILES string of the molecule is CCCCCC[n+]1ccccc1C(=Cc1ccccc1)N1CCCCC1. The summed E-state index contributed by atoms with van der Waals surface area (Å²) in [5.41, 5.74) is 4.02. The largest absolute Gasteiger partial charge is 0.366 e. The van der Waals surface area contributed by atoms with Gasteiger partial charge >= 0.3 is 0 Å². The maximum Gasteiger partial charge on any atom is 0.228 e. The number of nitrogens with zero attached hydrogens (tertiary/aromatic N) is 2. The summed E-state index contributed by atoms with van der Waals surface area (Å²) in [5.74, 6) is 0. The van der Waals surface area contributed by atoms with Crippen LogP contribution in [0.15, 0.2) is 54.7 Å². The summed E-state index contributed by atoms with van der Waals surface area (Å²) in [6.07, 6.45) is 13.8. The minimum absolute atomic E-state index is 1.11. The summed E-state index contributed by atoms with van der Waals surface area (Å²) in [4.78, 5) is 2.59. The summed E-state index contributed by atoms with van der Waals surface area (Å²) in [5, 5.41) is 0. The topological polar surface area (TPSA) is 7.12 Å². The predicted molar refractivity (Wildman–Crippen MR) is 111 cm³/mol. The minimum Gasteiger partial charge on any atom is -0.366 e. The van der Waals surface area contributed by atoms with Gasteiger partial charge in [-0.15, -0.1) is 0 Å². The van der Waals surface area contributed by atoms with Crippen LogP contribution in [0.25, 0.3) is 11.8 Å². The van der Waals surface area contributed by atoms with Gasteiger partial charge in [0.05, 0.1) is 0 Å². The standard InChI is InChI=1S/C24H33N2/c1-2-3-4-10-17-25-20-13-9-16-23(25)24(26-18-11-6-12-19-26)21-22-14-7-5-8-15-22/h5,7-9,13-16,20-21H,2-4,6,10-12,17-19H2,1H3/q+1. The second-order valence-corrected chi connectivity index (χ2v) is 7.33. The second-order valence-electron chi connectivity index (χ2n) is 7.33. The van der Waals surface area contributed by atoms with Crippen LogP contribution < -0.4 is 4.57 Å². The first-order valence-electron chi connectivity index (χ1n) is 10.4. The molecule has 1 aliphatic rings. The molecule has 2 heterocycles. The Morgan fingerprint density at radius 1 is 0.923 bits per heavy atom. The molecule has 0 radical (unpaired) electrons. The van der Waals surface area contributed by atoms with E-state index in [9.17, 15) is 0 Å². The lowest BCUT2D eigenvalue weighted by Gasteiger charge is -2.30. The van der Waals surface area contributed by atoms with Gasteiger partial charge in [0.15, 0.2) is 6.20 Å². The van der Waals surface area contributed by atoms with E-state index in [1.807, 2.05) is 0 Å². The Bertz CT molecular complexity index is 684. The predicted octanol–water partition coefficient (Wildman–Crippen LogP) is 5.54. The van der Waals surface area contributed by atoms with Gasteiger partial charge in [0.2, 0.25) is 5.69 Å². The number of unbranched alkanes of at least 4 members (excludes halogenated alkanes) is 3. The fourth-order valence-corrected chi connectivity index (χ4v) is 3.78. The van der Waals surface area contributed by atoms with Gasteiger partial charge in [-0.1, -0.05) is 50.1 Å². The van der Waals surface area contributed by atoms with Gasteiger partial charge in [-0.3, -0.25) is 0 Å². The molecule has 0 aliphatic carbocycles. The molecule has 0 unspecified atom stereocenters. The van der Waals surface area contributed by atoms with E-state index in [4.69, 9.17) is 0 Å². The molecule has 0 atom stereocenters. The molecule has 1 fully saturated rings. The molecule has 1 aromatic heterocycles. The van der Waals surface area contributed by atoms with Crippen LogP contribution in [0.1, 0.15) is 63.1 Å². The quantitative estimate of drug-likeness (QED) is 0.448. The van der Waals surface area contributed by atoms with Gasteiger partial charge in [-0.2, -0.15) is 4.57 Å². The summed E-state index contributed by atoms with van der Waals surface area (Å²) in [7, 11) is 0. The number of aromatic nitrogens is 1. The van der Waals surface area contributed by atoms with Gasteiger partial charge in [0, 0.05) is 31.6 Å². The number of rotatable bonds is 8. The van der Waals surface area contributed by atoms with Crippen LogP contribution in [0.3, 0.4) is 0 Å². The molecule has 1 saturated heterocycles. The highest BCUT2D eigenvalue weighted by Gasteiger charge is 2.22. The molecule has 3 rings (SSSR count). The highest BCUT2D eigenvalue weighted by molar-refractivity contribution is 5.77. The first-order chi connectivity index (χ1) is 12.9. The Hall–Kier alpha value is -2.09. The molecule has 0 amide bonds. The van der Waals surface area contributed by atoms with Crippen molar-refractivity contribution in [2.45, 2.75) is 58.4 Å². The maximum atomic E-state index is 2.59. The van der Waals surface area contributed by atoms with Crippen molar-refractivity contribution >= 4 is 11.8 Å². The normalized spacial score (nSPS) is 15.3. The van der Waals surface area contributed by atoms with Crippen molar-refractivity contribution in [2.75, 3.05) is 13.1 Å². The van der Waals surface area contributed by atoms with E-state index in [0.29, 0.717) is 0 Å². The Balaban J connectivity index is 1.90. The molecule has 2 heteroatoms. The lowest BCUT2D eigenvalue weighted by molar-refractivity contribution is -0.700. The minimum atomic E-state index is 1.11. The van der Waals surface area contributed by atoms with Crippen molar-refractivity contribution in [3.63, 3.8) is 0 Å². The van der Waals surface area contributed by atoms with Crippen molar-refractivity contribution < 1.29 is 4.57 Å². The number of benzene rings is 1. The van der Waals surface area contributed by atoms with Gasteiger partial charge in [-0.25, -0.2) is 0 Å². The van der Waals surface area contributed by atoms with Crippen LogP contribution in [0.4, 0.5) is 0 Å². The molecule has 0 spiro atoms. The molecular formula is C24H33N2+. The van der Waals surface area contributed by atoms with Gasteiger partial charge in [0.1, 0.15) is 12.2 Å². The summed E-state index contributed by atoms with van der Waals surface area (Å²) in [6.45, 7) is 5.72. The number of pyridine rings is 1. The molecule has 1 aromatic carbocycles. The molecule has 2 aromatic rings. The molecular weight excluding hydrogens is 316 g/mol. The van der Waals surface area contributed by atoms with Crippen LogP contribution in [0, 0.1) is 0 Å². The highest BCUT2D eigenvalue weighted by atomic mass is 15.2. The van der Waals surface area contributed by atoms with E-state index in [-0.39, 0.29) is 0 Å². The lowest BCUT2D eigenvalue weighted by Crippen LogP contribution is -2.41. The Labute approximate surface area is 159 Å². The molecule has 0 N–H and O–H groups in total. The monoisotopic (exact) mass is 349 g/mol. The zero-order chi connectivity index (χ0) is 18.0. The third-order valence-electron chi connectivity index (χ3n) is 5.26. The number of aryl methyl sites for hydroxylation is 1. The number of likely N-dealkylation sites (tertiary alicyclic amines) is 1. The van der Waals surface area contributed by atoms with Crippen LogP contribution in [-0.4, -0.2) is 18.0 Å². The Kier molecular flexibility index (Phi) is 7.30. The first-order valence-corrected chi connectivity index (χ1v) is 10.4. The first kappa shape index (κ1) is 18.7. The van der Waals surface area contributed by atoms with E-state index in [1.54, 1.807) is 0 Å². The van der Waals surface area contributed by atoms with Gasteiger partial charge in [0.25, 0.3) is 0 Å². The van der Waals surface area contributed by atoms with E-state index in [2.05, 4.69) is 77.2 Å². The summed E-state index contributed by atoms with van der Waals surface area (Å²) in [6, 6.07) is 17.4. The third-order valence-corrected chi connectivity index (χ3v) is 5.26. The fourth-order valence-electron chi connectivity index (χ4n) is 3.78. The summed E-state index contributed by atoms with van der Waals surface area (Å²) < 4.78 is 2.46. The van der Waals surface area contributed by atoms with Gasteiger partial charge in [-0.05, 0) is 43.4 Å².